The van der Waals surface area contributed by atoms with Crippen LogP contribution in [0.1, 0.15) is 39.6 Å². The number of anilines is 1. The average molecular weight is 357 g/mol. The Morgan fingerprint density at radius 3 is 2.81 bits per heavy atom. The van der Waals surface area contributed by atoms with Gasteiger partial charge in [-0.15, -0.1) is 0 Å². The number of carbonyl (C=O) groups is 1. The molecule has 8 heteroatoms. The summed E-state index contributed by atoms with van der Waals surface area (Å²) in [5.41, 5.74) is 3.07. The predicted octanol–water partition coefficient (Wildman–Crippen LogP) is 1.46. The van der Waals surface area contributed by atoms with Crippen molar-refractivity contribution in [3.05, 3.63) is 34.5 Å². The maximum absolute atomic E-state index is 12.8. The van der Waals surface area contributed by atoms with Crippen LogP contribution in [0.25, 0.3) is 0 Å². The number of nitrogens with zero attached hydrogens (tertiary/aromatic N) is 5. The van der Waals surface area contributed by atoms with E-state index in [9.17, 15) is 4.79 Å². The molecule has 1 saturated heterocycles. The molecule has 8 nitrogen and oxygen atoms in total. The third-order valence-corrected chi connectivity index (χ3v) is 5.22. The molecule has 138 valence electrons. The van der Waals surface area contributed by atoms with Gasteiger partial charge >= 0.3 is 0 Å². The van der Waals surface area contributed by atoms with Gasteiger partial charge in [0.15, 0.2) is 5.69 Å². The van der Waals surface area contributed by atoms with Crippen LogP contribution in [-0.2, 0) is 16.8 Å². The van der Waals surface area contributed by atoms with E-state index in [1.165, 1.54) is 0 Å². The van der Waals surface area contributed by atoms with Crippen molar-refractivity contribution in [3.8, 4) is 0 Å². The van der Waals surface area contributed by atoms with Crippen molar-refractivity contribution in [3.63, 3.8) is 0 Å². The SMILES string of the molecule is Cc1cc(C(=O)N2CC[C@]3(COCc4c(C)nc(N(C)C)nc43)C2)no1. The number of aromatic nitrogens is 3. The average Bonchev–Trinajstić information content (AvgIpc) is 3.22. The molecule has 2 aliphatic rings. The summed E-state index contributed by atoms with van der Waals surface area (Å²) in [5.74, 6) is 1.22. The first-order valence-electron chi connectivity index (χ1n) is 8.75. The quantitative estimate of drug-likeness (QED) is 0.804. The molecule has 0 radical (unpaired) electrons. The molecule has 0 unspecified atom stereocenters. The Hall–Kier alpha value is -2.48. The molecule has 2 aromatic heterocycles. The maximum Gasteiger partial charge on any atom is 0.276 e. The molecule has 0 aromatic carbocycles. The number of amides is 1. The number of hydrogen-bond acceptors (Lipinski definition) is 7. The van der Waals surface area contributed by atoms with E-state index in [-0.39, 0.29) is 11.3 Å². The lowest BCUT2D eigenvalue weighted by Gasteiger charge is -2.35. The van der Waals surface area contributed by atoms with Gasteiger partial charge in [0.1, 0.15) is 5.76 Å². The van der Waals surface area contributed by atoms with Crippen LogP contribution in [0.15, 0.2) is 10.6 Å². The minimum Gasteiger partial charge on any atom is -0.376 e. The fourth-order valence-corrected chi connectivity index (χ4v) is 3.80. The standard InChI is InChI=1S/C18H23N5O3/c1-11-7-14(21-26-11)16(24)23-6-5-18(9-23)10-25-8-13-12(2)19-17(22(3)4)20-15(13)18/h7H,5-6,8-10H2,1-4H3/t18-/m1/s1. The lowest BCUT2D eigenvalue weighted by atomic mass is 9.80. The zero-order chi connectivity index (χ0) is 18.5. The molecule has 1 atom stereocenters. The van der Waals surface area contributed by atoms with Gasteiger partial charge in [0, 0.05) is 44.5 Å². The van der Waals surface area contributed by atoms with E-state index in [0.29, 0.717) is 43.7 Å². The van der Waals surface area contributed by atoms with Crippen molar-refractivity contribution in [1.82, 2.24) is 20.0 Å². The number of rotatable bonds is 2. The summed E-state index contributed by atoms with van der Waals surface area (Å²) < 4.78 is 10.9. The molecule has 4 heterocycles. The minimum atomic E-state index is -0.291. The van der Waals surface area contributed by atoms with Crippen molar-refractivity contribution >= 4 is 11.9 Å². The molecule has 4 rings (SSSR count). The van der Waals surface area contributed by atoms with Crippen LogP contribution < -0.4 is 4.90 Å². The number of aryl methyl sites for hydroxylation is 2. The van der Waals surface area contributed by atoms with Crippen molar-refractivity contribution in [2.75, 3.05) is 38.7 Å². The predicted molar refractivity (Wildman–Crippen MR) is 94.2 cm³/mol. The lowest BCUT2D eigenvalue weighted by Crippen LogP contribution is -2.42. The van der Waals surface area contributed by atoms with E-state index in [0.717, 1.165) is 23.4 Å². The largest absolute Gasteiger partial charge is 0.376 e. The van der Waals surface area contributed by atoms with E-state index in [4.69, 9.17) is 14.2 Å². The van der Waals surface area contributed by atoms with E-state index >= 15 is 0 Å². The van der Waals surface area contributed by atoms with Gasteiger partial charge in [-0.05, 0) is 20.3 Å². The van der Waals surface area contributed by atoms with Crippen molar-refractivity contribution < 1.29 is 14.1 Å². The first-order chi connectivity index (χ1) is 12.4. The molecule has 2 aliphatic heterocycles. The highest BCUT2D eigenvalue weighted by Crippen LogP contribution is 2.40. The normalized spacial score (nSPS) is 21.9. The summed E-state index contributed by atoms with van der Waals surface area (Å²) >= 11 is 0. The molecule has 1 amide bonds. The molecule has 0 saturated carbocycles. The Labute approximate surface area is 152 Å². The summed E-state index contributed by atoms with van der Waals surface area (Å²) in [6.45, 7) is 6.06. The first kappa shape index (κ1) is 17.0. The molecule has 1 fully saturated rings. The number of hydrogen-bond donors (Lipinski definition) is 0. The zero-order valence-corrected chi connectivity index (χ0v) is 15.6. The van der Waals surface area contributed by atoms with Crippen LogP contribution in [0.2, 0.25) is 0 Å². The minimum absolute atomic E-state index is 0.107. The number of likely N-dealkylation sites (tertiary alicyclic amines) is 1. The van der Waals surface area contributed by atoms with E-state index in [1.54, 1.807) is 13.0 Å². The molecular weight excluding hydrogens is 334 g/mol. The topological polar surface area (TPSA) is 84.6 Å². The van der Waals surface area contributed by atoms with Gasteiger partial charge in [0.25, 0.3) is 5.91 Å². The van der Waals surface area contributed by atoms with Crippen LogP contribution in [-0.4, -0.2) is 59.7 Å². The second-order valence-corrected chi connectivity index (χ2v) is 7.40. The van der Waals surface area contributed by atoms with Crippen LogP contribution in [0.4, 0.5) is 5.95 Å². The maximum atomic E-state index is 12.8. The summed E-state index contributed by atoms with van der Waals surface area (Å²) in [4.78, 5) is 25.9. The summed E-state index contributed by atoms with van der Waals surface area (Å²) in [5, 5.41) is 3.86. The Bertz CT molecular complexity index is 863. The molecule has 0 aliphatic carbocycles. The Kier molecular flexibility index (Phi) is 3.95. The smallest absolute Gasteiger partial charge is 0.276 e. The van der Waals surface area contributed by atoms with Crippen molar-refractivity contribution in [2.24, 2.45) is 0 Å². The monoisotopic (exact) mass is 357 g/mol. The molecule has 1 spiro atoms. The van der Waals surface area contributed by atoms with Crippen LogP contribution in [0.5, 0.6) is 0 Å². The third kappa shape index (κ3) is 2.65. The van der Waals surface area contributed by atoms with Gasteiger partial charge < -0.3 is 19.1 Å². The number of fused-ring (bicyclic) bond motifs is 2. The van der Waals surface area contributed by atoms with Gasteiger partial charge in [-0.2, -0.15) is 0 Å². The van der Waals surface area contributed by atoms with Crippen molar-refractivity contribution in [2.45, 2.75) is 32.3 Å². The highest BCUT2D eigenvalue weighted by atomic mass is 16.5. The summed E-state index contributed by atoms with van der Waals surface area (Å²) in [6, 6.07) is 1.68. The second-order valence-electron chi connectivity index (χ2n) is 7.40. The molecule has 2 aromatic rings. The number of carbonyl (C=O) groups excluding carboxylic acids is 1. The Balaban J connectivity index is 1.68. The van der Waals surface area contributed by atoms with E-state index in [1.807, 2.05) is 30.8 Å². The van der Waals surface area contributed by atoms with Gasteiger partial charge in [0.2, 0.25) is 5.95 Å². The van der Waals surface area contributed by atoms with Gasteiger partial charge in [-0.3, -0.25) is 4.79 Å². The first-order valence-corrected chi connectivity index (χ1v) is 8.75. The van der Waals surface area contributed by atoms with Crippen LogP contribution >= 0.6 is 0 Å². The fourth-order valence-electron chi connectivity index (χ4n) is 3.80. The molecule has 26 heavy (non-hydrogen) atoms. The molecular formula is C18H23N5O3. The highest BCUT2D eigenvalue weighted by molar-refractivity contribution is 5.92. The van der Waals surface area contributed by atoms with Gasteiger partial charge in [0.05, 0.1) is 24.3 Å². The van der Waals surface area contributed by atoms with E-state index < -0.39 is 0 Å². The van der Waals surface area contributed by atoms with E-state index in [2.05, 4.69) is 10.1 Å². The summed E-state index contributed by atoms with van der Waals surface area (Å²) in [6.07, 6.45) is 0.811. The lowest BCUT2D eigenvalue weighted by molar-refractivity contribution is 0.0479. The van der Waals surface area contributed by atoms with Crippen LogP contribution in [0.3, 0.4) is 0 Å². The van der Waals surface area contributed by atoms with Crippen LogP contribution in [0, 0.1) is 13.8 Å². The number of ether oxygens (including phenoxy) is 1. The Morgan fingerprint density at radius 2 is 2.12 bits per heavy atom. The molecule has 0 N–H and O–H groups in total. The fraction of sp³-hybridized carbons (Fsp3) is 0.556. The van der Waals surface area contributed by atoms with Gasteiger partial charge in [-0.1, -0.05) is 5.16 Å². The third-order valence-electron chi connectivity index (χ3n) is 5.22. The second kappa shape index (κ2) is 6.05. The van der Waals surface area contributed by atoms with Crippen molar-refractivity contribution in [1.29, 1.82) is 0 Å². The Morgan fingerprint density at radius 1 is 1.31 bits per heavy atom. The zero-order valence-electron chi connectivity index (χ0n) is 15.6. The highest BCUT2D eigenvalue weighted by Gasteiger charge is 2.47. The summed E-state index contributed by atoms with van der Waals surface area (Å²) in [7, 11) is 3.87. The van der Waals surface area contributed by atoms with Gasteiger partial charge in [-0.25, -0.2) is 9.97 Å². The molecule has 0 bridgehead atoms.